The van der Waals surface area contributed by atoms with Crippen molar-refractivity contribution < 1.29 is 4.74 Å². The highest BCUT2D eigenvalue weighted by molar-refractivity contribution is 5.80. The maximum Gasteiger partial charge on any atom is 0.191 e. The maximum atomic E-state index is 5.33. The van der Waals surface area contributed by atoms with Crippen LogP contribution in [-0.4, -0.2) is 44.8 Å². The molecule has 1 unspecified atom stereocenters. The summed E-state index contributed by atoms with van der Waals surface area (Å²) in [5.41, 5.74) is 1.25. The van der Waals surface area contributed by atoms with Gasteiger partial charge in [0.1, 0.15) is 5.75 Å². The number of methoxy groups -OCH3 is 1. The van der Waals surface area contributed by atoms with E-state index in [9.17, 15) is 0 Å². The third-order valence-electron chi connectivity index (χ3n) is 4.05. The molecule has 0 saturated carbocycles. The summed E-state index contributed by atoms with van der Waals surface area (Å²) in [7, 11) is 1.71. The highest BCUT2D eigenvalue weighted by Crippen LogP contribution is 2.26. The summed E-state index contributed by atoms with van der Waals surface area (Å²) in [4.78, 5) is 7.21. The number of nitrogens with zero attached hydrogens (tertiary/aromatic N) is 2. The van der Waals surface area contributed by atoms with Gasteiger partial charge in [-0.2, -0.15) is 0 Å². The molecule has 0 radical (unpaired) electrons. The molecule has 1 aliphatic rings. The van der Waals surface area contributed by atoms with E-state index in [0.717, 1.165) is 37.9 Å². The van der Waals surface area contributed by atoms with Crippen molar-refractivity contribution in [1.29, 1.82) is 0 Å². The summed E-state index contributed by atoms with van der Waals surface area (Å²) in [6.07, 6.45) is 1.18. The lowest BCUT2D eigenvalue weighted by Gasteiger charge is -2.24. The van der Waals surface area contributed by atoms with Crippen molar-refractivity contribution in [3.05, 3.63) is 24.3 Å². The number of benzene rings is 1. The molecule has 1 fully saturated rings. The number of ether oxygens (including phenoxy) is 1. The fourth-order valence-corrected chi connectivity index (χ4v) is 2.91. The van der Waals surface area contributed by atoms with E-state index in [-0.39, 0.29) is 5.54 Å². The lowest BCUT2D eigenvalue weighted by atomic mass is 10.1. The molecule has 24 heavy (non-hydrogen) atoms. The number of rotatable bonds is 5. The average Bonchev–Trinajstić information content (AvgIpc) is 3.00. The van der Waals surface area contributed by atoms with Crippen LogP contribution in [0, 0.1) is 5.92 Å². The summed E-state index contributed by atoms with van der Waals surface area (Å²) in [6, 6.07) is 8.30. The zero-order valence-corrected chi connectivity index (χ0v) is 15.7. The van der Waals surface area contributed by atoms with Gasteiger partial charge < -0.3 is 20.3 Å². The van der Waals surface area contributed by atoms with Crippen LogP contribution < -0.4 is 20.3 Å². The molecule has 134 valence electrons. The second kappa shape index (κ2) is 8.27. The van der Waals surface area contributed by atoms with E-state index in [1.165, 1.54) is 12.1 Å². The second-order valence-corrected chi connectivity index (χ2v) is 7.40. The molecule has 2 rings (SSSR count). The monoisotopic (exact) mass is 332 g/mol. The summed E-state index contributed by atoms with van der Waals surface area (Å²) in [6.45, 7) is 12.4. The molecule has 5 nitrogen and oxygen atoms in total. The van der Waals surface area contributed by atoms with Gasteiger partial charge in [0, 0.05) is 43.5 Å². The SMILES string of the molecule is CCNC(=NCC1CCN(c2cccc(OC)c2)C1)NC(C)(C)C. The molecule has 0 aromatic heterocycles. The minimum atomic E-state index is 0.0172. The van der Waals surface area contributed by atoms with Crippen LogP contribution in [0.4, 0.5) is 5.69 Å². The normalized spacial score (nSPS) is 18.6. The third kappa shape index (κ3) is 5.62. The Balaban J connectivity index is 1.93. The maximum absolute atomic E-state index is 5.33. The van der Waals surface area contributed by atoms with Crippen molar-refractivity contribution in [2.75, 3.05) is 38.2 Å². The van der Waals surface area contributed by atoms with E-state index in [0.29, 0.717) is 5.92 Å². The zero-order valence-electron chi connectivity index (χ0n) is 15.7. The van der Waals surface area contributed by atoms with Gasteiger partial charge in [0.05, 0.1) is 7.11 Å². The topological polar surface area (TPSA) is 48.9 Å². The van der Waals surface area contributed by atoms with Gasteiger partial charge in [-0.25, -0.2) is 0 Å². The third-order valence-corrected chi connectivity index (χ3v) is 4.05. The van der Waals surface area contributed by atoms with E-state index in [1.54, 1.807) is 7.11 Å². The van der Waals surface area contributed by atoms with Gasteiger partial charge in [0.25, 0.3) is 0 Å². The number of nitrogens with one attached hydrogen (secondary N) is 2. The Morgan fingerprint density at radius 3 is 2.83 bits per heavy atom. The van der Waals surface area contributed by atoms with Crippen LogP contribution >= 0.6 is 0 Å². The van der Waals surface area contributed by atoms with Gasteiger partial charge in [-0.1, -0.05) is 6.07 Å². The molecule has 1 aromatic rings. The average molecular weight is 332 g/mol. The molecule has 1 saturated heterocycles. The number of anilines is 1. The van der Waals surface area contributed by atoms with Crippen molar-refractivity contribution in [1.82, 2.24) is 10.6 Å². The second-order valence-electron chi connectivity index (χ2n) is 7.40. The van der Waals surface area contributed by atoms with Gasteiger partial charge in [-0.3, -0.25) is 4.99 Å². The Morgan fingerprint density at radius 1 is 1.38 bits per heavy atom. The predicted octanol–water partition coefficient (Wildman–Crippen LogP) is 2.88. The summed E-state index contributed by atoms with van der Waals surface area (Å²) >= 11 is 0. The molecular weight excluding hydrogens is 300 g/mol. The molecule has 2 N–H and O–H groups in total. The van der Waals surface area contributed by atoms with Crippen LogP contribution in [0.1, 0.15) is 34.1 Å². The lowest BCUT2D eigenvalue weighted by molar-refractivity contribution is 0.415. The van der Waals surface area contributed by atoms with Crippen LogP contribution in [0.5, 0.6) is 5.75 Å². The molecule has 1 aliphatic heterocycles. The molecule has 1 aromatic carbocycles. The highest BCUT2D eigenvalue weighted by atomic mass is 16.5. The van der Waals surface area contributed by atoms with Crippen LogP contribution in [0.25, 0.3) is 0 Å². The molecule has 1 heterocycles. The van der Waals surface area contributed by atoms with Gasteiger partial charge in [0.15, 0.2) is 5.96 Å². The first-order valence-electron chi connectivity index (χ1n) is 8.87. The molecular formula is C19H32N4O. The molecule has 0 bridgehead atoms. The van der Waals surface area contributed by atoms with E-state index < -0.39 is 0 Å². The van der Waals surface area contributed by atoms with Crippen LogP contribution in [0.15, 0.2) is 29.3 Å². The summed E-state index contributed by atoms with van der Waals surface area (Å²) in [5, 5.41) is 6.78. The lowest BCUT2D eigenvalue weighted by Crippen LogP contribution is -2.47. The summed E-state index contributed by atoms with van der Waals surface area (Å²) < 4.78 is 5.33. The van der Waals surface area contributed by atoms with Gasteiger partial charge in [-0.15, -0.1) is 0 Å². The first kappa shape index (κ1) is 18.4. The number of hydrogen-bond acceptors (Lipinski definition) is 3. The molecule has 1 atom stereocenters. The van der Waals surface area contributed by atoms with Crippen LogP contribution in [0.3, 0.4) is 0 Å². The van der Waals surface area contributed by atoms with Crippen molar-refractivity contribution in [2.45, 2.75) is 39.7 Å². The first-order chi connectivity index (χ1) is 11.4. The quantitative estimate of drug-likeness (QED) is 0.643. The van der Waals surface area contributed by atoms with Gasteiger partial charge >= 0.3 is 0 Å². The fraction of sp³-hybridized carbons (Fsp3) is 0.632. The smallest absolute Gasteiger partial charge is 0.191 e. The largest absolute Gasteiger partial charge is 0.497 e. The van der Waals surface area contributed by atoms with E-state index in [1.807, 2.05) is 6.07 Å². The molecule has 0 amide bonds. The Kier molecular flexibility index (Phi) is 6.35. The number of hydrogen-bond donors (Lipinski definition) is 2. The van der Waals surface area contributed by atoms with E-state index in [4.69, 9.17) is 9.73 Å². The Bertz CT molecular complexity index is 551. The van der Waals surface area contributed by atoms with Crippen LogP contribution in [-0.2, 0) is 0 Å². The minimum Gasteiger partial charge on any atom is -0.497 e. The predicted molar refractivity (Wildman–Crippen MR) is 102 cm³/mol. The molecule has 0 aliphatic carbocycles. The zero-order chi connectivity index (χ0) is 17.6. The van der Waals surface area contributed by atoms with E-state index >= 15 is 0 Å². The molecule has 0 spiro atoms. The summed E-state index contributed by atoms with van der Waals surface area (Å²) in [5.74, 6) is 2.41. The van der Waals surface area contributed by atoms with E-state index in [2.05, 4.69) is 61.4 Å². The number of guanidine groups is 1. The van der Waals surface area contributed by atoms with Gasteiger partial charge in [-0.05, 0) is 52.2 Å². The van der Waals surface area contributed by atoms with Crippen molar-refractivity contribution in [3.63, 3.8) is 0 Å². The Hall–Kier alpha value is -1.91. The van der Waals surface area contributed by atoms with Crippen LogP contribution in [0.2, 0.25) is 0 Å². The highest BCUT2D eigenvalue weighted by Gasteiger charge is 2.23. The Morgan fingerprint density at radius 2 is 2.17 bits per heavy atom. The minimum absolute atomic E-state index is 0.0172. The first-order valence-corrected chi connectivity index (χ1v) is 8.87. The fourth-order valence-electron chi connectivity index (χ4n) is 2.91. The van der Waals surface area contributed by atoms with Gasteiger partial charge in [0.2, 0.25) is 0 Å². The Labute approximate surface area is 146 Å². The number of aliphatic imine (C=N–C) groups is 1. The van der Waals surface area contributed by atoms with Crippen molar-refractivity contribution in [2.24, 2.45) is 10.9 Å². The van der Waals surface area contributed by atoms with Crippen molar-refractivity contribution in [3.8, 4) is 5.75 Å². The standard InChI is InChI=1S/C19H32N4O/c1-6-20-18(22-19(2,3)4)21-13-15-10-11-23(14-15)16-8-7-9-17(12-16)24-5/h7-9,12,15H,6,10-11,13-14H2,1-5H3,(H2,20,21,22). The van der Waals surface area contributed by atoms with Crippen molar-refractivity contribution >= 4 is 11.6 Å². The molecule has 5 heteroatoms.